The van der Waals surface area contributed by atoms with Gasteiger partial charge in [0, 0.05) is 11.4 Å². The summed E-state index contributed by atoms with van der Waals surface area (Å²) in [7, 11) is 0. The molecule has 1 amide bonds. The molecule has 2 aromatic rings. The maximum atomic E-state index is 12.5. The van der Waals surface area contributed by atoms with Gasteiger partial charge in [0.2, 0.25) is 5.91 Å². The van der Waals surface area contributed by atoms with Crippen molar-refractivity contribution in [1.82, 2.24) is 14.9 Å². The van der Waals surface area contributed by atoms with Crippen LogP contribution in [0.5, 0.6) is 0 Å². The summed E-state index contributed by atoms with van der Waals surface area (Å²) >= 11 is 1.63. The Balaban J connectivity index is 1.58. The average Bonchev–Trinajstić information content (AvgIpc) is 3.16. The number of carbonyl (C=O) groups is 1. The second-order valence-corrected chi connectivity index (χ2v) is 7.20. The highest BCUT2D eigenvalue weighted by Gasteiger charge is 2.39. The first kappa shape index (κ1) is 15.6. The van der Waals surface area contributed by atoms with E-state index in [-0.39, 0.29) is 6.54 Å². The van der Waals surface area contributed by atoms with Crippen LogP contribution in [0.2, 0.25) is 0 Å². The number of aromatic nitrogens is 2. The SMILES string of the molecule is O=C1C(Nc2ncnc3sc4c(c23)CCC4)CCN1CC(F)(F)F. The number of likely N-dealkylation sites (tertiary alicyclic amines) is 1. The Morgan fingerprint density at radius 1 is 1.33 bits per heavy atom. The summed E-state index contributed by atoms with van der Waals surface area (Å²) in [6.07, 6.45) is 0.470. The Morgan fingerprint density at radius 2 is 2.17 bits per heavy atom. The highest BCUT2D eigenvalue weighted by atomic mass is 32.1. The molecule has 9 heteroatoms. The monoisotopic (exact) mass is 356 g/mol. The number of rotatable bonds is 3. The van der Waals surface area contributed by atoms with Crippen molar-refractivity contribution in [3.8, 4) is 0 Å². The summed E-state index contributed by atoms with van der Waals surface area (Å²) in [6, 6.07) is -0.664. The van der Waals surface area contributed by atoms with E-state index in [4.69, 9.17) is 0 Å². The van der Waals surface area contributed by atoms with Gasteiger partial charge < -0.3 is 10.2 Å². The molecule has 1 saturated heterocycles. The fraction of sp³-hybridized carbons (Fsp3) is 0.533. The number of aryl methyl sites for hydroxylation is 2. The molecule has 0 radical (unpaired) electrons. The quantitative estimate of drug-likeness (QED) is 0.919. The maximum absolute atomic E-state index is 12.5. The van der Waals surface area contributed by atoms with Crippen LogP contribution in [-0.4, -0.2) is 46.1 Å². The first-order valence-corrected chi connectivity index (χ1v) is 8.61. The topological polar surface area (TPSA) is 58.1 Å². The van der Waals surface area contributed by atoms with Crippen molar-refractivity contribution in [2.24, 2.45) is 0 Å². The second kappa shape index (κ2) is 5.58. The number of hydrogen-bond donors (Lipinski definition) is 1. The van der Waals surface area contributed by atoms with Gasteiger partial charge in [-0.15, -0.1) is 11.3 Å². The molecular formula is C15H15F3N4OS. The van der Waals surface area contributed by atoms with E-state index in [2.05, 4.69) is 15.3 Å². The summed E-state index contributed by atoms with van der Waals surface area (Å²) in [5.74, 6) is 0.0394. The molecule has 1 fully saturated rings. The normalized spacial score (nSPS) is 20.9. The number of halogens is 3. The van der Waals surface area contributed by atoms with Crippen LogP contribution in [0.1, 0.15) is 23.3 Å². The van der Waals surface area contributed by atoms with E-state index in [1.807, 2.05) is 0 Å². The lowest BCUT2D eigenvalue weighted by atomic mass is 10.1. The van der Waals surface area contributed by atoms with Gasteiger partial charge >= 0.3 is 6.18 Å². The summed E-state index contributed by atoms with van der Waals surface area (Å²) in [5.41, 5.74) is 1.22. The highest BCUT2D eigenvalue weighted by molar-refractivity contribution is 7.19. The van der Waals surface area contributed by atoms with Gasteiger partial charge in [0.1, 0.15) is 29.6 Å². The van der Waals surface area contributed by atoms with Gasteiger partial charge in [-0.1, -0.05) is 0 Å². The number of hydrogen-bond acceptors (Lipinski definition) is 5. The molecule has 5 nitrogen and oxygen atoms in total. The molecule has 3 heterocycles. The minimum atomic E-state index is -4.37. The van der Waals surface area contributed by atoms with E-state index in [0.717, 1.165) is 34.4 Å². The molecule has 0 saturated carbocycles. The summed E-state index contributed by atoms with van der Waals surface area (Å²) in [4.78, 5) is 23.8. The zero-order chi connectivity index (χ0) is 16.9. The fourth-order valence-electron chi connectivity index (χ4n) is 3.45. The van der Waals surface area contributed by atoms with Crippen LogP contribution in [0.25, 0.3) is 10.2 Å². The first-order valence-electron chi connectivity index (χ1n) is 7.80. The number of nitrogens with zero attached hydrogens (tertiary/aromatic N) is 3. The van der Waals surface area contributed by atoms with Crippen LogP contribution in [0.15, 0.2) is 6.33 Å². The third-order valence-electron chi connectivity index (χ3n) is 4.48. The number of amides is 1. The van der Waals surface area contributed by atoms with Gasteiger partial charge in [0.25, 0.3) is 0 Å². The van der Waals surface area contributed by atoms with Crippen LogP contribution < -0.4 is 5.32 Å². The molecule has 1 aliphatic heterocycles. The van der Waals surface area contributed by atoms with Gasteiger partial charge in [0.05, 0.1) is 5.39 Å². The number of nitrogens with one attached hydrogen (secondary N) is 1. The molecule has 2 aromatic heterocycles. The van der Waals surface area contributed by atoms with Gasteiger partial charge in [-0.05, 0) is 31.2 Å². The van der Waals surface area contributed by atoms with Gasteiger partial charge in [0.15, 0.2) is 0 Å². The van der Waals surface area contributed by atoms with Gasteiger partial charge in [-0.2, -0.15) is 13.2 Å². The number of anilines is 1. The third-order valence-corrected chi connectivity index (χ3v) is 5.68. The molecule has 2 aliphatic rings. The van der Waals surface area contributed by atoms with E-state index in [0.29, 0.717) is 12.2 Å². The molecule has 24 heavy (non-hydrogen) atoms. The largest absolute Gasteiger partial charge is 0.406 e. The van der Waals surface area contributed by atoms with Crippen molar-refractivity contribution in [1.29, 1.82) is 0 Å². The van der Waals surface area contributed by atoms with E-state index in [9.17, 15) is 18.0 Å². The standard InChI is InChI=1S/C15H15F3N4OS/c16-15(17,18)6-22-5-4-9(14(22)23)21-12-11-8-2-1-3-10(8)24-13(11)20-7-19-12/h7,9H,1-6H2,(H,19,20,21). The van der Waals surface area contributed by atoms with Crippen LogP contribution in [0, 0.1) is 0 Å². The van der Waals surface area contributed by atoms with Crippen LogP contribution in [-0.2, 0) is 17.6 Å². The number of carbonyl (C=O) groups excluding carboxylic acids is 1. The van der Waals surface area contributed by atoms with Crippen molar-refractivity contribution in [3.63, 3.8) is 0 Å². The summed E-state index contributed by atoms with van der Waals surface area (Å²) in [6.45, 7) is -1.09. The van der Waals surface area contributed by atoms with E-state index in [1.54, 1.807) is 11.3 Å². The maximum Gasteiger partial charge on any atom is 0.406 e. The van der Waals surface area contributed by atoms with Crippen LogP contribution >= 0.6 is 11.3 Å². The molecular weight excluding hydrogens is 341 g/mol. The van der Waals surface area contributed by atoms with Gasteiger partial charge in [-0.25, -0.2) is 9.97 Å². The first-order chi connectivity index (χ1) is 11.4. The summed E-state index contributed by atoms with van der Waals surface area (Å²) < 4.78 is 37.6. The smallest absolute Gasteiger partial charge is 0.358 e. The number of alkyl halides is 3. The fourth-order valence-corrected chi connectivity index (χ4v) is 4.68. The van der Waals surface area contributed by atoms with Crippen molar-refractivity contribution >= 4 is 33.3 Å². The molecule has 0 bridgehead atoms. The van der Waals surface area contributed by atoms with Crippen molar-refractivity contribution in [2.45, 2.75) is 37.9 Å². The lowest BCUT2D eigenvalue weighted by molar-refractivity contribution is -0.157. The Morgan fingerprint density at radius 3 is 2.96 bits per heavy atom. The van der Waals surface area contributed by atoms with E-state index >= 15 is 0 Å². The Kier molecular flexibility index (Phi) is 3.63. The molecule has 128 valence electrons. The molecule has 1 aliphatic carbocycles. The Hall–Kier alpha value is -1.90. The Bertz CT molecular complexity index is 804. The zero-order valence-corrected chi connectivity index (χ0v) is 13.5. The molecule has 0 spiro atoms. The van der Waals surface area contributed by atoms with Crippen LogP contribution in [0.4, 0.5) is 19.0 Å². The minimum absolute atomic E-state index is 0.103. The lowest BCUT2D eigenvalue weighted by Gasteiger charge is -2.19. The number of fused-ring (bicyclic) bond motifs is 3. The average molecular weight is 356 g/mol. The highest BCUT2D eigenvalue weighted by Crippen LogP contribution is 2.39. The molecule has 1 N–H and O–H groups in total. The summed E-state index contributed by atoms with van der Waals surface area (Å²) in [5, 5.41) is 3.99. The predicted molar refractivity (Wildman–Crippen MR) is 84.1 cm³/mol. The van der Waals surface area contributed by atoms with E-state index in [1.165, 1.54) is 16.8 Å². The second-order valence-electron chi connectivity index (χ2n) is 6.12. The minimum Gasteiger partial charge on any atom is -0.358 e. The molecule has 1 atom stereocenters. The lowest BCUT2D eigenvalue weighted by Crippen LogP contribution is -2.39. The number of thiophene rings is 1. The van der Waals surface area contributed by atoms with Gasteiger partial charge in [-0.3, -0.25) is 4.79 Å². The zero-order valence-electron chi connectivity index (χ0n) is 12.7. The Labute approximate surface area is 139 Å². The van der Waals surface area contributed by atoms with Crippen molar-refractivity contribution < 1.29 is 18.0 Å². The molecule has 1 unspecified atom stereocenters. The third kappa shape index (κ3) is 2.70. The van der Waals surface area contributed by atoms with Crippen molar-refractivity contribution in [3.05, 3.63) is 16.8 Å². The van der Waals surface area contributed by atoms with E-state index < -0.39 is 24.7 Å². The molecule has 0 aromatic carbocycles. The van der Waals surface area contributed by atoms with Crippen LogP contribution in [0.3, 0.4) is 0 Å². The van der Waals surface area contributed by atoms with Crippen molar-refractivity contribution in [2.75, 3.05) is 18.4 Å². The molecule has 4 rings (SSSR count). The predicted octanol–water partition coefficient (Wildman–Crippen LogP) is 2.76.